The fourth-order valence-corrected chi connectivity index (χ4v) is 3.86. The summed E-state index contributed by atoms with van der Waals surface area (Å²) in [5.74, 6) is -0.577. The molecule has 0 aromatic heterocycles. The molecule has 7 nitrogen and oxygen atoms in total. The molecular formula is C22H31N3O4. The molecule has 2 fully saturated rings. The minimum atomic E-state index is -0.707. The number of Topliss-reactive ketones (excluding diaryl/α,β-unsaturated/α-hetero) is 1. The standard InChI is InChI=1S/C22H31N3O4/c1-14(2)12-18(22(28)24-20-15(3)29-13-19(20)26)23-21(27)16-6-8-17(9-7-16)25-10-4-5-11-25/h6-9,14-15,18,20H,4-5,10-13H2,1-3H3,(H,23,27)(H,24,28)/t15-,18+,20+/m1/s1. The molecule has 0 bridgehead atoms. The van der Waals surface area contributed by atoms with Crippen LogP contribution in [0.4, 0.5) is 5.69 Å². The predicted molar refractivity (Wildman–Crippen MR) is 111 cm³/mol. The number of hydrogen-bond donors (Lipinski definition) is 2. The first-order valence-corrected chi connectivity index (χ1v) is 10.5. The molecule has 2 N–H and O–H groups in total. The van der Waals surface area contributed by atoms with E-state index in [1.54, 1.807) is 19.1 Å². The number of nitrogens with zero attached hydrogens (tertiary/aromatic N) is 1. The van der Waals surface area contributed by atoms with Crippen molar-refractivity contribution in [3.63, 3.8) is 0 Å². The number of ketones is 1. The zero-order valence-corrected chi connectivity index (χ0v) is 17.4. The molecule has 0 unspecified atom stereocenters. The molecule has 1 aromatic rings. The monoisotopic (exact) mass is 401 g/mol. The van der Waals surface area contributed by atoms with Gasteiger partial charge in [-0.2, -0.15) is 0 Å². The van der Waals surface area contributed by atoms with E-state index in [2.05, 4.69) is 15.5 Å². The molecule has 0 radical (unpaired) electrons. The molecule has 3 atom stereocenters. The van der Waals surface area contributed by atoms with Crippen LogP contribution in [-0.4, -0.2) is 55.5 Å². The van der Waals surface area contributed by atoms with Crippen LogP contribution in [0.2, 0.25) is 0 Å². The maximum Gasteiger partial charge on any atom is 0.251 e. The van der Waals surface area contributed by atoms with Gasteiger partial charge in [-0.25, -0.2) is 0 Å². The van der Waals surface area contributed by atoms with Crippen molar-refractivity contribution < 1.29 is 19.1 Å². The third-order valence-electron chi connectivity index (χ3n) is 5.53. The van der Waals surface area contributed by atoms with Crippen molar-refractivity contribution in [2.75, 3.05) is 24.6 Å². The first-order valence-electron chi connectivity index (χ1n) is 10.5. The molecule has 2 heterocycles. The van der Waals surface area contributed by atoms with Crippen LogP contribution in [0.3, 0.4) is 0 Å². The minimum Gasteiger partial charge on any atom is -0.372 e. The molecule has 2 aliphatic heterocycles. The Bertz CT molecular complexity index is 741. The van der Waals surface area contributed by atoms with E-state index < -0.39 is 12.1 Å². The zero-order chi connectivity index (χ0) is 21.0. The Morgan fingerprint density at radius 3 is 2.38 bits per heavy atom. The van der Waals surface area contributed by atoms with E-state index in [1.807, 2.05) is 26.0 Å². The summed E-state index contributed by atoms with van der Waals surface area (Å²) in [5, 5.41) is 5.59. The van der Waals surface area contributed by atoms with Crippen molar-refractivity contribution in [2.24, 2.45) is 5.92 Å². The topological polar surface area (TPSA) is 87.7 Å². The number of rotatable bonds is 7. The maximum absolute atomic E-state index is 12.8. The van der Waals surface area contributed by atoms with E-state index in [9.17, 15) is 14.4 Å². The van der Waals surface area contributed by atoms with Gasteiger partial charge in [-0.15, -0.1) is 0 Å². The molecule has 2 aliphatic rings. The van der Waals surface area contributed by atoms with Crippen LogP contribution < -0.4 is 15.5 Å². The first-order chi connectivity index (χ1) is 13.8. The summed E-state index contributed by atoms with van der Waals surface area (Å²) >= 11 is 0. The van der Waals surface area contributed by atoms with Crippen LogP contribution in [0.1, 0.15) is 50.4 Å². The van der Waals surface area contributed by atoms with Crippen molar-refractivity contribution in [1.29, 1.82) is 0 Å². The third-order valence-corrected chi connectivity index (χ3v) is 5.53. The SMILES string of the molecule is CC(C)C[C@H](NC(=O)c1ccc(N2CCCC2)cc1)C(=O)N[C@@H]1C(=O)CO[C@@H]1C. The van der Waals surface area contributed by atoms with Crippen LogP contribution in [0.5, 0.6) is 0 Å². The zero-order valence-electron chi connectivity index (χ0n) is 17.4. The number of nitrogens with one attached hydrogen (secondary N) is 2. The van der Waals surface area contributed by atoms with Crippen LogP contribution in [0, 0.1) is 5.92 Å². The second-order valence-electron chi connectivity index (χ2n) is 8.37. The Morgan fingerprint density at radius 1 is 1.17 bits per heavy atom. The highest BCUT2D eigenvalue weighted by Gasteiger charge is 2.35. The Kier molecular flexibility index (Phi) is 6.90. The highest BCUT2D eigenvalue weighted by molar-refractivity contribution is 5.99. The van der Waals surface area contributed by atoms with E-state index in [-0.39, 0.29) is 36.2 Å². The summed E-state index contributed by atoms with van der Waals surface area (Å²) in [6, 6.07) is 6.13. The Hall–Kier alpha value is -2.41. The fourth-order valence-electron chi connectivity index (χ4n) is 3.86. The van der Waals surface area contributed by atoms with E-state index in [4.69, 9.17) is 4.74 Å². The van der Waals surface area contributed by atoms with E-state index in [0.29, 0.717) is 12.0 Å². The summed E-state index contributed by atoms with van der Waals surface area (Å²) in [5.41, 5.74) is 1.63. The van der Waals surface area contributed by atoms with Gasteiger partial charge in [0, 0.05) is 24.3 Å². The van der Waals surface area contributed by atoms with Gasteiger partial charge in [0.15, 0.2) is 5.78 Å². The van der Waals surface area contributed by atoms with Gasteiger partial charge in [-0.05, 0) is 56.4 Å². The van der Waals surface area contributed by atoms with Gasteiger partial charge in [0.2, 0.25) is 5.91 Å². The minimum absolute atomic E-state index is 0.0106. The quantitative estimate of drug-likeness (QED) is 0.729. The predicted octanol–water partition coefficient (Wildman–Crippen LogP) is 1.90. The molecule has 3 rings (SSSR count). The van der Waals surface area contributed by atoms with Gasteiger partial charge in [0.05, 0.1) is 6.10 Å². The Labute approximate surface area is 172 Å². The molecule has 158 valence electrons. The fraction of sp³-hybridized carbons (Fsp3) is 0.591. The first kappa shape index (κ1) is 21.3. The van der Waals surface area contributed by atoms with Crippen molar-refractivity contribution >= 4 is 23.3 Å². The average molecular weight is 402 g/mol. The molecule has 0 spiro atoms. The smallest absolute Gasteiger partial charge is 0.251 e. The molecule has 0 aliphatic carbocycles. The van der Waals surface area contributed by atoms with Crippen LogP contribution in [0.25, 0.3) is 0 Å². The normalized spacial score (nSPS) is 22.8. The van der Waals surface area contributed by atoms with Gasteiger partial charge < -0.3 is 20.3 Å². The van der Waals surface area contributed by atoms with Gasteiger partial charge in [0.25, 0.3) is 5.91 Å². The number of amides is 2. The highest BCUT2D eigenvalue weighted by Crippen LogP contribution is 2.20. The molecule has 2 saturated heterocycles. The summed E-state index contributed by atoms with van der Waals surface area (Å²) in [6.45, 7) is 7.84. The lowest BCUT2D eigenvalue weighted by Gasteiger charge is -2.23. The maximum atomic E-state index is 12.8. The van der Waals surface area contributed by atoms with Crippen molar-refractivity contribution in [3.8, 4) is 0 Å². The summed E-state index contributed by atoms with van der Waals surface area (Å²) in [4.78, 5) is 39.7. The molecule has 7 heteroatoms. The second-order valence-corrected chi connectivity index (χ2v) is 8.37. The average Bonchev–Trinajstić information content (AvgIpc) is 3.33. The second kappa shape index (κ2) is 9.39. The van der Waals surface area contributed by atoms with E-state index in [1.165, 1.54) is 12.8 Å². The molecule has 0 saturated carbocycles. The number of carbonyl (C=O) groups is 3. The number of ether oxygens (including phenoxy) is 1. The van der Waals surface area contributed by atoms with E-state index in [0.717, 1.165) is 18.8 Å². The third kappa shape index (κ3) is 5.35. The molecular weight excluding hydrogens is 370 g/mol. The van der Waals surface area contributed by atoms with Crippen LogP contribution in [-0.2, 0) is 14.3 Å². The van der Waals surface area contributed by atoms with Gasteiger partial charge in [-0.1, -0.05) is 13.8 Å². The summed E-state index contributed by atoms with van der Waals surface area (Å²) < 4.78 is 5.29. The van der Waals surface area contributed by atoms with Gasteiger partial charge >= 0.3 is 0 Å². The van der Waals surface area contributed by atoms with Crippen LogP contribution in [0.15, 0.2) is 24.3 Å². The van der Waals surface area contributed by atoms with E-state index >= 15 is 0 Å². The number of benzene rings is 1. The number of anilines is 1. The molecule has 29 heavy (non-hydrogen) atoms. The lowest BCUT2D eigenvalue weighted by molar-refractivity contribution is -0.127. The van der Waals surface area contributed by atoms with Gasteiger partial charge in [-0.3, -0.25) is 14.4 Å². The largest absolute Gasteiger partial charge is 0.372 e. The van der Waals surface area contributed by atoms with Crippen molar-refractivity contribution in [1.82, 2.24) is 10.6 Å². The molecule has 1 aromatic carbocycles. The Balaban J connectivity index is 1.64. The number of hydrogen-bond acceptors (Lipinski definition) is 5. The van der Waals surface area contributed by atoms with Crippen molar-refractivity contribution in [3.05, 3.63) is 29.8 Å². The molecule has 2 amide bonds. The number of carbonyl (C=O) groups excluding carboxylic acids is 3. The summed E-state index contributed by atoms with van der Waals surface area (Å²) in [6.07, 6.45) is 2.52. The lowest BCUT2D eigenvalue weighted by Crippen LogP contribution is -2.53. The Morgan fingerprint density at radius 2 is 1.83 bits per heavy atom. The van der Waals surface area contributed by atoms with Crippen LogP contribution >= 0.6 is 0 Å². The summed E-state index contributed by atoms with van der Waals surface area (Å²) in [7, 11) is 0. The van der Waals surface area contributed by atoms with Gasteiger partial charge in [0.1, 0.15) is 18.7 Å². The van der Waals surface area contributed by atoms with Crippen molar-refractivity contribution in [2.45, 2.75) is 58.2 Å². The highest BCUT2D eigenvalue weighted by atomic mass is 16.5. The lowest BCUT2D eigenvalue weighted by atomic mass is 10.0.